The Morgan fingerprint density at radius 1 is 1.05 bits per heavy atom. The molecule has 0 atom stereocenters. The van der Waals surface area contributed by atoms with E-state index in [2.05, 4.69) is 32.7 Å². The largest absolute Gasteiger partial charge is 0.495 e. The van der Waals surface area contributed by atoms with Crippen LogP contribution < -0.4 is 10.2 Å². The summed E-state index contributed by atoms with van der Waals surface area (Å²) in [4.78, 5) is 3.21. The van der Waals surface area contributed by atoms with Crippen molar-refractivity contribution in [2.75, 3.05) is 7.11 Å². The molecule has 1 aromatic carbocycles. The van der Waals surface area contributed by atoms with Gasteiger partial charge in [0, 0.05) is 11.6 Å². The molecule has 20 heavy (non-hydrogen) atoms. The molecule has 1 N–H and O–H groups in total. The summed E-state index contributed by atoms with van der Waals surface area (Å²) in [6, 6.07) is 5.98. The Labute approximate surface area is 119 Å². The van der Waals surface area contributed by atoms with Crippen molar-refractivity contribution in [3.8, 4) is 5.75 Å². The first-order chi connectivity index (χ1) is 9.36. The first-order valence-corrected chi connectivity index (χ1v) is 6.85. The van der Waals surface area contributed by atoms with Gasteiger partial charge in [0.15, 0.2) is 0 Å². The van der Waals surface area contributed by atoms with Gasteiger partial charge in [-0.05, 0) is 45.3 Å². The molecule has 0 bridgehead atoms. The van der Waals surface area contributed by atoms with Gasteiger partial charge in [0.05, 0.1) is 23.8 Å². The predicted molar refractivity (Wildman–Crippen MR) is 80.6 cm³/mol. The third-order valence-electron chi connectivity index (χ3n) is 4.45. The second-order valence-corrected chi connectivity index (χ2v) is 6.21. The van der Waals surface area contributed by atoms with Gasteiger partial charge >= 0.3 is 7.12 Å². The molecule has 2 heterocycles. The SMILES string of the molecule is COc1ccc(B2OC(C)(C)C(C)(C)O2)c2cc[nH]c12. The zero-order valence-electron chi connectivity index (χ0n) is 12.6. The van der Waals surface area contributed by atoms with Gasteiger partial charge in [-0.15, -0.1) is 0 Å². The monoisotopic (exact) mass is 273 g/mol. The van der Waals surface area contributed by atoms with E-state index in [-0.39, 0.29) is 18.3 Å². The highest BCUT2D eigenvalue weighted by Gasteiger charge is 2.52. The van der Waals surface area contributed by atoms with E-state index in [1.165, 1.54) is 0 Å². The lowest BCUT2D eigenvalue weighted by molar-refractivity contribution is 0.00578. The maximum Gasteiger partial charge on any atom is 0.495 e. The zero-order valence-corrected chi connectivity index (χ0v) is 12.6. The predicted octanol–water partition coefficient (Wildman–Crippen LogP) is 2.48. The second-order valence-electron chi connectivity index (χ2n) is 6.21. The van der Waals surface area contributed by atoms with Crippen LogP contribution in [-0.2, 0) is 9.31 Å². The number of fused-ring (bicyclic) bond motifs is 1. The van der Waals surface area contributed by atoms with Crippen molar-refractivity contribution in [3.05, 3.63) is 24.4 Å². The number of rotatable bonds is 2. The van der Waals surface area contributed by atoms with Gasteiger partial charge in [-0.1, -0.05) is 6.07 Å². The molecule has 0 amide bonds. The molecule has 1 aromatic heterocycles. The summed E-state index contributed by atoms with van der Waals surface area (Å²) in [6.07, 6.45) is 1.90. The van der Waals surface area contributed by atoms with Gasteiger partial charge in [-0.25, -0.2) is 0 Å². The molecule has 1 fully saturated rings. The number of nitrogens with one attached hydrogen (secondary N) is 1. The topological polar surface area (TPSA) is 43.5 Å². The fourth-order valence-electron chi connectivity index (χ4n) is 2.50. The Morgan fingerprint density at radius 3 is 2.30 bits per heavy atom. The van der Waals surface area contributed by atoms with Gasteiger partial charge in [0.25, 0.3) is 0 Å². The molecule has 106 valence electrons. The van der Waals surface area contributed by atoms with Gasteiger partial charge < -0.3 is 19.0 Å². The lowest BCUT2D eigenvalue weighted by Gasteiger charge is -2.32. The van der Waals surface area contributed by atoms with Gasteiger partial charge in [-0.3, -0.25) is 0 Å². The van der Waals surface area contributed by atoms with E-state index in [4.69, 9.17) is 14.0 Å². The fraction of sp³-hybridized carbons (Fsp3) is 0.467. The lowest BCUT2D eigenvalue weighted by Crippen LogP contribution is -2.41. The van der Waals surface area contributed by atoms with Crippen LogP contribution in [0.15, 0.2) is 24.4 Å². The van der Waals surface area contributed by atoms with E-state index in [1.807, 2.05) is 24.4 Å². The van der Waals surface area contributed by atoms with Gasteiger partial charge in [-0.2, -0.15) is 0 Å². The van der Waals surface area contributed by atoms with Crippen LogP contribution in [0.1, 0.15) is 27.7 Å². The highest BCUT2D eigenvalue weighted by molar-refractivity contribution is 6.65. The van der Waals surface area contributed by atoms with E-state index < -0.39 is 0 Å². The molecular weight excluding hydrogens is 253 g/mol. The molecule has 0 radical (unpaired) electrons. The van der Waals surface area contributed by atoms with Crippen molar-refractivity contribution in [3.63, 3.8) is 0 Å². The molecule has 2 aromatic rings. The molecule has 1 aliphatic rings. The average molecular weight is 273 g/mol. The maximum atomic E-state index is 6.12. The van der Waals surface area contributed by atoms with Crippen LogP contribution in [0.3, 0.4) is 0 Å². The normalized spacial score (nSPS) is 20.6. The summed E-state index contributed by atoms with van der Waals surface area (Å²) >= 11 is 0. The van der Waals surface area contributed by atoms with Crippen molar-refractivity contribution in [1.82, 2.24) is 4.98 Å². The van der Waals surface area contributed by atoms with Gasteiger partial charge in [0.2, 0.25) is 0 Å². The summed E-state index contributed by atoms with van der Waals surface area (Å²) < 4.78 is 17.6. The molecular formula is C15H20BNO3. The first kappa shape index (κ1) is 13.5. The van der Waals surface area contributed by atoms with Crippen LogP contribution in [0.5, 0.6) is 5.75 Å². The highest BCUT2D eigenvalue weighted by Crippen LogP contribution is 2.37. The Balaban J connectivity index is 2.07. The Morgan fingerprint density at radius 2 is 1.70 bits per heavy atom. The van der Waals surface area contributed by atoms with Crippen LogP contribution >= 0.6 is 0 Å². The lowest BCUT2D eigenvalue weighted by atomic mass is 9.77. The molecule has 4 nitrogen and oxygen atoms in total. The summed E-state index contributed by atoms with van der Waals surface area (Å²) in [7, 11) is 1.31. The number of H-pyrrole nitrogens is 1. The minimum Gasteiger partial charge on any atom is -0.495 e. The molecule has 1 saturated heterocycles. The molecule has 0 aliphatic carbocycles. The van der Waals surface area contributed by atoms with Crippen LogP contribution in [0.2, 0.25) is 0 Å². The van der Waals surface area contributed by atoms with Crippen LogP contribution in [-0.4, -0.2) is 30.4 Å². The molecule has 1 aliphatic heterocycles. The van der Waals surface area contributed by atoms with E-state index in [1.54, 1.807) is 7.11 Å². The summed E-state index contributed by atoms with van der Waals surface area (Å²) in [5, 5.41) is 1.07. The molecule has 3 rings (SSSR count). The first-order valence-electron chi connectivity index (χ1n) is 6.85. The highest BCUT2D eigenvalue weighted by atomic mass is 16.7. The number of aromatic amines is 1. The average Bonchev–Trinajstić information content (AvgIpc) is 2.91. The Kier molecular flexibility index (Phi) is 2.89. The maximum absolute atomic E-state index is 6.12. The summed E-state index contributed by atoms with van der Waals surface area (Å²) in [5.41, 5.74) is 1.33. The van der Waals surface area contributed by atoms with E-state index >= 15 is 0 Å². The minimum atomic E-state index is -0.357. The van der Waals surface area contributed by atoms with Crippen LogP contribution in [0, 0.1) is 0 Å². The van der Waals surface area contributed by atoms with Gasteiger partial charge in [0.1, 0.15) is 5.75 Å². The molecule has 0 spiro atoms. The Bertz CT molecular complexity index is 632. The molecule has 5 heteroatoms. The number of aromatic nitrogens is 1. The quantitative estimate of drug-likeness (QED) is 0.855. The molecule has 0 saturated carbocycles. The van der Waals surface area contributed by atoms with Crippen molar-refractivity contribution < 1.29 is 14.0 Å². The standard InChI is InChI=1S/C15H20BNO3/c1-14(2)15(3,4)20-16(19-14)11-6-7-12(18-5)13-10(11)8-9-17-13/h6-9,17H,1-5H3. The number of ether oxygens (including phenoxy) is 1. The second kappa shape index (κ2) is 4.27. The van der Waals surface area contributed by atoms with Crippen molar-refractivity contribution in [2.45, 2.75) is 38.9 Å². The number of hydrogen-bond donors (Lipinski definition) is 1. The summed E-state index contributed by atoms with van der Waals surface area (Å²) in [5.74, 6) is 0.824. The van der Waals surface area contributed by atoms with Crippen LogP contribution in [0.4, 0.5) is 0 Å². The van der Waals surface area contributed by atoms with E-state index in [9.17, 15) is 0 Å². The smallest absolute Gasteiger partial charge is 0.495 e. The third-order valence-corrected chi connectivity index (χ3v) is 4.45. The van der Waals surface area contributed by atoms with Crippen molar-refractivity contribution in [1.29, 1.82) is 0 Å². The summed E-state index contributed by atoms with van der Waals surface area (Å²) in [6.45, 7) is 8.24. The van der Waals surface area contributed by atoms with E-state index in [0.29, 0.717) is 0 Å². The third kappa shape index (κ3) is 1.85. The number of benzene rings is 1. The number of hydrogen-bond acceptors (Lipinski definition) is 3. The van der Waals surface area contributed by atoms with Crippen molar-refractivity contribution in [2.24, 2.45) is 0 Å². The van der Waals surface area contributed by atoms with Crippen molar-refractivity contribution >= 4 is 23.5 Å². The van der Waals surface area contributed by atoms with Crippen LogP contribution in [0.25, 0.3) is 10.9 Å². The zero-order chi connectivity index (χ0) is 14.5. The minimum absolute atomic E-state index is 0.333. The van der Waals surface area contributed by atoms with E-state index in [0.717, 1.165) is 22.1 Å². The number of methoxy groups -OCH3 is 1. The fourth-order valence-corrected chi connectivity index (χ4v) is 2.50. The Hall–Kier alpha value is -1.46. The molecule has 0 unspecified atom stereocenters.